The molecule has 2 bridgehead atoms. The molecule has 2 N–H and O–H groups in total. The van der Waals surface area contributed by atoms with Crippen molar-refractivity contribution >= 4 is 23.2 Å². The Morgan fingerprint density at radius 3 is 2.32 bits per heavy atom. The van der Waals surface area contributed by atoms with E-state index in [9.17, 15) is 9.18 Å². The third-order valence-corrected chi connectivity index (χ3v) is 5.88. The second-order valence-corrected chi connectivity index (χ2v) is 7.46. The van der Waals surface area contributed by atoms with Crippen LogP contribution in [0.1, 0.15) is 47.5 Å². The Bertz CT molecular complexity index is 794. The van der Waals surface area contributed by atoms with E-state index in [0.29, 0.717) is 22.2 Å². The van der Waals surface area contributed by atoms with Gasteiger partial charge in [-0.2, -0.15) is 0 Å². The van der Waals surface area contributed by atoms with Crippen LogP contribution < -0.4 is 5.73 Å². The van der Waals surface area contributed by atoms with Crippen molar-refractivity contribution in [2.24, 2.45) is 0 Å². The molecule has 0 saturated carbocycles. The van der Waals surface area contributed by atoms with Gasteiger partial charge in [-0.05, 0) is 67.5 Å². The quantitative estimate of drug-likeness (QED) is 0.797. The average molecular weight is 359 g/mol. The molecule has 2 heterocycles. The molecular weight excluding hydrogens is 339 g/mol. The number of fused-ring (bicyclic) bond motifs is 2. The van der Waals surface area contributed by atoms with Gasteiger partial charge in [0.25, 0.3) is 5.91 Å². The molecule has 4 rings (SSSR count). The largest absolute Gasteiger partial charge is 0.398 e. The van der Waals surface area contributed by atoms with Crippen LogP contribution >= 0.6 is 11.6 Å². The van der Waals surface area contributed by atoms with Crippen LogP contribution in [0, 0.1) is 5.82 Å². The summed E-state index contributed by atoms with van der Waals surface area (Å²) in [7, 11) is 0. The standard InChI is InChI=1S/C20H20ClFN2O/c21-18-11-13(3-8-19(18)23)20(25)24-16-6-7-17(24)10-14(9-16)12-1-4-15(22)5-2-12/h1-5,8,11,14,16-17H,6-7,9-10,23H2. The predicted molar refractivity (Wildman–Crippen MR) is 97.2 cm³/mol. The van der Waals surface area contributed by atoms with Gasteiger partial charge in [-0.1, -0.05) is 23.7 Å². The number of halogens is 2. The second kappa shape index (κ2) is 6.34. The van der Waals surface area contributed by atoms with Gasteiger partial charge < -0.3 is 10.6 Å². The summed E-state index contributed by atoms with van der Waals surface area (Å²) in [6, 6.07) is 12.3. The van der Waals surface area contributed by atoms with Gasteiger partial charge in [0, 0.05) is 17.6 Å². The summed E-state index contributed by atoms with van der Waals surface area (Å²) in [4.78, 5) is 15.0. The van der Waals surface area contributed by atoms with Crippen molar-refractivity contribution in [2.45, 2.75) is 43.7 Å². The summed E-state index contributed by atoms with van der Waals surface area (Å²) in [5.74, 6) is 0.212. The highest BCUT2D eigenvalue weighted by Gasteiger charge is 2.43. The van der Waals surface area contributed by atoms with E-state index in [1.54, 1.807) is 18.2 Å². The van der Waals surface area contributed by atoms with E-state index in [2.05, 4.69) is 0 Å². The first kappa shape index (κ1) is 16.4. The van der Waals surface area contributed by atoms with Gasteiger partial charge in [0.1, 0.15) is 5.82 Å². The fourth-order valence-corrected chi connectivity index (χ4v) is 4.51. The molecule has 3 nitrogen and oxygen atoms in total. The van der Waals surface area contributed by atoms with E-state index in [0.717, 1.165) is 25.7 Å². The highest BCUT2D eigenvalue weighted by atomic mass is 35.5. The summed E-state index contributed by atoms with van der Waals surface area (Å²) < 4.78 is 13.2. The monoisotopic (exact) mass is 358 g/mol. The van der Waals surface area contributed by atoms with Crippen LogP contribution in [-0.4, -0.2) is 22.9 Å². The van der Waals surface area contributed by atoms with Gasteiger partial charge in [0.2, 0.25) is 0 Å². The van der Waals surface area contributed by atoms with Crippen LogP contribution in [0.15, 0.2) is 42.5 Å². The Labute approximate surface area is 151 Å². The van der Waals surface area contributed by atoms with E-state index >= 15 is 0 Å². The van der Waals surface area contributed by atoms with E-state index in [4.69, 9.17) is 17.3 Å². The zero-order chi connectivity index (χ0) is 17.6. The van der Waals surface area contributed by atoms with Gasteiger partial charge >= 0.3 is 0 Å². The Balaban J connectivity index is 1.55. The van der Waals surface area contributed by atoms with Gasteiger partial charge in [-0.3, -0.25) is 4.79 Å². The van der Waals surface area contributed by atoms with E-state index in [1.165, 1.54) is 17.7 Å². The number of anilines is 1. The Morgan fingerprint density at radius 1 is 1.08 bits per heavy atom. The van der Waals surface area contributed by atoms with Gasteiger partial charge in [0.05, 0.1) is 10.7 Å². The number of benzene rings is 2. The lowest BCUT2D eigenvalue weighted by Crippen LogP contribution is -2.46. The smallest absolute Gasteiger partial charge is 0.254 e. The minimum atomic E-state index is -0.209. The molecule has 0 spiro atoms. The lowest BCUT2D eigenvalue weighted by molar-refractivity contribution is 0.0571. The van der Waals surface area contributed by atoms with E-state index in [-0.39, 0.29) is 23.8 Å². The predicted octanol–water partition coefficient (Wildman–Crippen LogP) is 4.61. The first-order chi connectivity index (χ1) is 12.0. The molecule has 5 heteroatoms. The molecule has 0 aromatic heterocycles. The molecule has 2 aromatic rings. The van der Waals surface area contributed by atoms with Crippen LogP contribution in [-0.2, 0) is 0 Å². The number of carbonyl (C=O) groups is 1. The third-order valence-electron chi connectivity index (χ3n) is 5.56. The number of nitrogen functional groups attached to an aromatic ring is 1. The minimum Gasteiger partial charge on any atom is -0.398 e. The van der Waals surface area contributed by atoms with Gasteiger partial charge in [-0.25, -0.2) is 4.39 Å². The van der Waals surface area contributed by atoms with E-state index < -0.39 is 0 Å². The third kappa shape index (κ3) is 2.99. The van der Waals surface area contributed by atoms with Crippen LogP contribution in [0.2, 0.25) is 5.02 Å². The maximum absolute atomic E-state index is 13.2. The first-order valence-electron chi connectivity index (χ1n) is 8.66. The summed E-state index contributed by atoms with van der Waals surface area (Å²) in [5, 5.41) is 0.416. The number of nitrogens with two attached hydrogens (primary N) is 1. The molecule has 2 unspecified atom stereocenters. The number of nitrogens with zero attached hydrogens (tertiary/aromatic N) is 1. The van der Waals surface area contributed by atoms with Gasteiger partial charge in [0.15, 0.2) is 0 Å². The number of hydrogen-bond acceptors (Lipinski definition) is 2. The molecular formula is C20H20ClFN2O. The van der Waals surface area contributed by atoms with Crippen molar-refractivity contribution in [2.75, 3.05) is 5.73 Å². The zero-order valence-electron chi connectivity index (χ0n) is 13.8. The fourth-order valence-electron chi connectivity index (χ4n) is 4.32. The first-order valence-corrected chi connectivity index (χ1v) is 9.04. The normalized spacial score (nSPS) is 25.2. The molecule has 0 radical (unpaired) electrons. The summed E-state index contributed by atoms with van der Waals surface area (Å²) in [6.07, 6.45) is 3.90. The zero-order valence-corrected chi connectivity index (χ0v) is 14.5. The van der Waals surface area contributed by atoms with Crippen molar-refractivity contribution in [3.8, 4) is 0 Å². The number of hydrogen-bond donors (Lipinski definition) is 1. The Hall–Kier alpha value is -2.07. The number of piperidine rings is 1. The van der Waals surface area contributed by atoms with Crippen molar-refractivity contribution in [1.82, 2.24) is 4.90 Å². The lowest BCUT2D eigenvalue weighted by Gasteiger charge is -2.39. The number of amides is 1. The number of rotatable bonds is 2. The lowest BCUT2D eigenvalue weighted by atomic mass is 9.85. The van der Waals surface area contributed by atoms with Crippen molar-refractivity contribution < 1.29 is 9.18 Å². The highest BCUT2D eigenvalue weighted by Crippen LogP contribution is 2.43. The van der Waals surface area contributed by atoms with Crippen LogP contribution in [0.25, 0.3) is 0 Å². The average Bonchev–Trinajstić information content (AvgIpc) is 2.87. The molecule has 2 fully saturated rings. The van der Waals surface area contributed by atoms with Gasteiger partial charge in [-0.15, -0.1) is 0 Å². The molecule has 2 aromatic carbocycles. The molecule has 2 aliphatic heterocycles. The molecule has 1 amide bonds. The maximum Gasteiger partial charge on any atom is 0.254 e. The summed E-state index contributed by atoms with van der Waals surface area (Å²) in [5.41, 5.74) is 7.99. The minimum absolute atomic E-state index is 0.0342. The van der Waals surface area contributed by atoms with Crippen molar-refractivity contribution in [3.63, 3.8) is 0 Å². The van der Waals surface area contributed by atoms with Crippen molar-refractivity contribution in [1.29, 1.82) is 0 Å². The van der Waals surface area contributed by atoms with Crippen LogP contribution in [0.3, 0.4) is 0 Å². The molecule has 0 aliphatic carbocycles. The molecule has 2 saturated heterocycles. The summed E-state index contributed by atoms with van der Waals surface area (Å²) >= 11 is 6.07. The molecule has 130 valence electrons. The Morgan fingerprint density at radius 2 is 1.72 bits per heavy atom. The highest BCUT2D eigenvalue weighted by molar-refractivity contribution is 6.33. The van der Waals surface area contributed by atoms with Crippen molar-refractivity contribution in [3.05, 3.63) is 64.4 Å². The Kier molecular flexibility index (Phi) is 4.16. The SMILES string of the molecule is Nc1ccc(C(=O)N2C3CCC2CC(c2ccc(F)cc2)C3)cc1Cl. The van der Waals surface area contributed by atoms with E-state index in [1.807, 2.05) is 17.0 Å². The van der Waals surface area contributed by atoms with Crippen LogP contribution in [0.4, 0.5) is 10.1 Å². The maximum atomic E-state index is 13.2. The molecule has 2 atom stereocenters. The topological polar surface area (TPSA) is 46.3 Å². The second-order valence-electron chi connectivity index (χ2n) is 7.05. The van der Waals surface area contributed by atoms with Crippen LogP contribution in [0.5, 0.6) is 0 Å². The molecule has 2 aliphatic rings. The summed E-state index contributed by atoms with van der Waals surface area (Å²) in [6.45, 7) is 0. The number of carbonyl (C=O) groups excluding carboxylic acids is 1. The fraction of sp³-hybridized carbons (Fsp3) is 0.350. The molecule has 25 heavy (non-hydrogen) atoms.